The lowest BCUT2D eigenvalue weighted by Crippen LogP contribution is -2.16. The number of nitrogens with one attached hydrogen (secondary N) is 1. The standard InChI is InChI=1S/C19H21NO3/c1-4-14-6-5-7-15(9-14)10-18(21)20-17-11-16(19(22)23)12(2)8-13(17)3/h5-9,11H,4,10H2,1-3H3,(H,20,21)(H,22,23). The number of aromatic carboxylic acids is 1. The van der Waals surface area contributed by atoms with Crippen LogP contribution in [0.15, 0.2) is 36.4 Å². The fourth-order valence-corrected chi connectivity index (χ4v) is 2.56. The molecular weight excluding hydrogens is 290 g/mol. The highest BCUT2D eigenvalue weighted by Gasteiger charge is 2.12. The molecule has 0 aromatic heterocycles. The summed E-state index contributed by atoms with van der Waals surface area (Å²) in [6, 6.07) is 11.2. The Morgan fingerprint density at radius 1 is 1.04 bits per heavy atom. The van der Waals surface area contributed by atoms with Crippen molar-refractivity contribution in [3.05, 3.63) is 64.2 Å². The van der Waals surface area contributed by atoms with E-state index in [0.29, 0.717) is 11.3 Å². The van der Waals surface area contributed by atoms with Gasteiger partial charge in [-0.15, -0.1) is 0 Å². The average Bonchev–Trinajstić information content (AvgIpc) is 2.49. The van der Waals surface area contributed by atoms with Crippen molar-refractivity contribution in [3.8, 4) is 0 Å². The zero-order chi connectivity index (χ0) is 17.0. The molecule has 2 aromatic rings. The van der Waals surface area contributed by atoms with E-state index in [-0.39, 0.29) is 17.9 Å². The molecule has 2 aromatic carbocycles. The molecule has 0 bridgehead atoms. The third-order valence-corrected chi connectivity index (χ3v) is 3.84. The highest BCUT2D eigenvalue weighted by atomic mass is 16.4. The Morgan fingerprint density at radius 3 is 2.39 bits per heavy atom. The van der Waals surface area contributed by atoms with E-state index in [9.17, 15) is 14.7 Å². The zero-order valence-corrected chi connectivity index (χ0v) is 13.6. The van der Waals surface area contributed by atoms with Crippen LogP contribution in [0.2, 0.25) is 0 Å². The molecule has 0 saturated carbocycles. The van der Waals surface area contributed by atoms with E-state index in [1.807, 2.05) is 31.2 Å². The number of hydrogen-bond donors (Lipinski definition) is 2. The van der Waals surface area contributed by atoms with Crippen LogP contribution < -0.4 is 5.32 Å². The second-order valence-corrected chi connectivity index (χ2v) is 5.69. The number of aryl methyl sites for hydroxylation is 3. The molecular formula is C19H21NO3. The van der Waals surface area contributed by atoms with Crippen LogP contribution >= 0.6 is 0 Å². The third kappa shape index (κ3) is 4.19. The Hall–Kier alpha value is -2.62. The van der Waals surface area contributed by atoms with Gasteiger partial charge in [0.05, 0.1) is 12.0 Å². The minimum atomic E-state index is -0.992. The van der Waals surface area contributed by atoms with Gasteiger partial charge in [-0.3, -0.25) is 4.79 Å². The summed E-state index contributed by atoms with van der Waals surface area (Å²) in [5, 5.41) is 12.0. The van der Waals surface area contributed by atoms with E-state index < -0.39 is 5.97 Å². The van der Waals surface area contributed by atoms with E-state index in [1.54, 1.807) is 13.0 Å². The van der Waals surface area contributed by atoms with Gasteiger partial charge < -0.3 is 10.4 Å². The molecule has 0 spiro atoms. The maximum absolute atomic E-state index is 12.2. The van der Waals surface area contributed by atoms with Gasteiger partial charge in [0.1, 0.15) is 0 Å². The Morgan fingerprint density at radius 2 is 1.74 bits per heavy atom. The number of benzene rings is 2. The number of carboxylic acid groups (broad SMARTS) is 1. The summed E-state index contributed by atoms with van der Waals surface area (Å²) in [6.07, 6.45) is 1.19. The summed E-state index contributed by atoms with van der Waals surface area (Å²) in [5.74, 6) is -1.14. The number of rotatable bonds is 5. The number of anilines is 1. The molecule has 0 aliphatic rings. The van der Waals surface area contributed by atoms with Gasteiger partial charge in [0.2, 0.25) is 5.91 Å². The first-order valence-corrected chi connectivity index (χ1v) is 7.63. The van der Waals surface area contributed by atoms with Gasteiger partial charge in [-0.2, -0.15) is 0 Å². The first-order chi connectivity index (χ1) is 10.9. The minimum absolute atomic E-state index is 0.151. The van der Waals surface area contributed by atoms with Crippen molar-refractivity contribution in [2.75, 3.05) is 5.32 Å². The second-order valence-electron chi connectivity index (χ2n) is 5.69. The number of amides is 1. The molecule has 0 atom stereocenters. The van der Waals surface area contributed by atoms with Crippen LogP contribution in [-0.2, 0) is 17.6 Å². The van der Waals surface area contributed by atoms with Crippen LogP contribution in [0.1, 0.15) is 39.5 Å². The van der Waals surface area contributed by atoms with Gasteiger partial charge in [-0.05, 0) is 48.6 Å². The Bertz CT molecular complexity index is 750. The summed E-state index contributed by atoms with van der Waals surface area (Å²) in [5.41, 5.74) is 4.43. The van der Waals surface area contributed by atoms with Crippen molar-refractivity contribution in [2.45, 2.75) is 33.6 Å². The van der Waals surface area contributed by atoms with E-state index in [2.05, 4.69) is 12.2 Å². The second kappa shape index (κ2) is 7.09. The fourth-order valence-electron chi connectivity index (χ4n) is 2.56. The molecule has 23 heavy (non-hydrogen) atoms. The molecule has 2 rings (SSSR count). The van der Waals surface area contributed by atoms with E-state index in [4.69, 9.17) is 0 Å². The van der Waals surface area contributed by atoms with Gasteiger partial charge in [-0.25, -0.2) is 4.79 Å². The van der Waals surface area contributed by atoms with Crippen LogP contribution in [0.5, 0.6) is 0 Å². The SMILES string of the molecule is CCc1cccc(CC(=O)Nc2cc(C(=O)O)c(C)cc2C)c1. The Balaban J connectivity index is 2.16. The summed E-state index contributed by atoms with van der Waals surface area (Å²) in [4.78, 5) is 23.5. The van der Waals surface area contributed by atoms with E-state index >= 15 is 0 Å². The van der Waals surface area contributed by atoms with E-state index in [1.165, 1.54) is 11.6 Å². The lowest BCUT2D eigenvalue weighted by Gasteiger charge is -2.12. The molecule has 0 radical (unpaired) electrons. The maximum atomic E-state index is 12.2. The molecule has 0 fully saturated rings. The molecule has 2 N–H and O–H groups in total. The molecule has 1 amide bonds. The molecule has 120 valence electrons. The van der Waals surface area contributed by atoms with Crippen LogP contribution in [0.25, 0.3) is 0 Å². The predicted octanol–water partition coefficient (Wildman–Crippen LogP) is 3.75. The number of hydrogen-bond acceptors (Lipinski definition) is 2. The van der Waals surface area contributed by atoms with Crippen LogP contribution in [0, 0.1) is 13.8 Å². The highest BCUT2D eigenvalue weighted by Crippen LogP contribution is 2.21. The molecule has 0 aliphatic heterocycles. The minimum Gasteiger partial charge on any atom is -0.478 e. The van der Waals surface area contributed by atoms with Crippen LogP contribution in [-0.4, -0.2) is 17.0 Å². The van der Waals surface area contributed by atoms with Crippen LogP contribution in [0.3, 0.4) is 0 Å². The van der Waals surface area contributed by atoms with Crippen LogP contribution in [0.4, 0.5) is 5.69 Å². The van der Waals surface area contributed by atoms with Gasteiger partial charge in [0.25, 0.3) is 0 Å². The van der Waals surface area contributed by atoms with Crippen molar-refractivity contribution in [2.24, 2.45) is 0 Å². The lowest BCUT2D eigenvalue weighted by molar-refractivity contribution is -0.115. The molecule has 0 heterocycles. The van der Waals surface area contributed by atoms with Gasteiger partial charge in [-0.1, -0.05) is 37.3 Å². The van der Waals surface area contributed by atoms with Crippen molar-refractivity contribution in [3.63, 3.8) is 0 Å². The Labute approximate surface area is 136 Å². The quantitative estimate of drug-likeness (QED) is 0.884. The third-order valence-electron chi connectivity index (χ3n) is 3.84. The van der Waals surface area contributed by atoms with Crippen molar-refractivity contribution in [1.29, 1.82) is 0 Å². The molecule has 4 nitrogen and oxygen atoms in total. The molecule has 4 heteroatoms. The summed E-state index contributed by atoms with van der Waals surface area (Å²) in [7, 11) is 0. The van der Waals surface area contributed by atoms with Gasteiger partial charge in [0.15, 0.2) is 0 Å². The predicted molar refractivity (Wildman–Crippen MR) is 91.0 cm³/mol. The van der Waals surface area contributed by atoms with Crippen molar-refractivity contribution >= 4 is 17.6 Å². The fraction of sp³-hybridized carbons (Fsp3) is 0.263. The number of carbonyl (C=O) groups excluding carboxylic acids is 1. The smallest absolute Gasteiger partial charge is 0.336 e. The normalized spacial score (nSPS) is 10.4. The monoisotopic (exact) mass is 311 g/mol. The maximum Gasteiger partial charge on any atom is 0.336 e. The molecule has 0 saturated heterocycles. The average molecular weight is 311 g/mol. The van der Waals surface area contributed by atoms with E-state index in [0.717, 1.165) is 17.5 Å². The largest absolute Gasteiger partial charge is 0.478 e. The summed E-state index contributed by atoms with van der Waals surface area (Å²) in [6.45, 7) is 5.67. The Kier molecular flexibility index (Phi) is 5.16. The molecule has 0 unspecified atom stereocenters. The number of carbonyl (C=O) groups is 2. The first-order valence-electron chi connectivity index (χ1n) is 7.63. The first kappa shape index (κ1) is 16.7. The van der Waals surface area contributed by atoms with Gasteiger partial charge >= 0.3 is 5.97 Å². The summed E-state index contributed by atoms with van der Waals surface area (Å²) >= 11 is 0. The lowest BCUT2D eigenvalue weighted by atomic mass is 10.0. The number of carboxylic acids is 1. The topological polar surface area (TPSA) is 66.4 Å². The van der Waals surface area contributed by atoms with Crippen molar-refractivity contribution in [1.82, 2.24) is 0 Å². The summed E-state index contributed by atoms with van der Waals surface area (Å²) < 4.78 is 0. The van der Waals surface area contributed by atoms with Gasteiger partial charge in [0, 0.05) is 5.69 Å². The molecule has 0 aliphatic carbocycles. The highest BCUT2D eigenvalue weighted by molar-refractivity contribution is 5.96. The van der Waals surface area contributed by atoms with Crippen molar-refractivity contribution < 1.29 is 14.7 Å². The zero-order valence-electron chi connectivity index (χ0n) is 13.6.